The first kappa shape index (κ1) is 25.5. The molecule has 2 aromatic carbocycles. The fourth-order valence-corrected chi connectivity index (χ4v) is 2.40. The molecule has 0 aromatic heterocycles. The predicted octanol–water partition coefficient (Wildman–Crippen LogP) is -0.916. The smallest absolute Gasteiger partial charge is 1.00 e. The number of benzene rings is 1. The summed E-state index contributed by atoms with van der Waals surface area (Å²) >= 11 is 0. The van der Waals surface area contributed by atoms with Gasteiger partial charge in [-0.15, -0.1) is 40.6 Å². The summed E-state index contributed by atoms with van der Waals surface area (Å²) in [6.07, 6.45) is 2.44. The van der Waals surface area contributed by atoms with Crippen LogP contribution in [0, 0.1) is 0 Å². The van der Waals surface area contributed by atoms with E-state index in [1.807, 2.05) is 0 Å². The van der Waals surface area contributed by atoms with Gasteiger partial charge in [0.25, 0.3) is 0 Å². The maximum Gasteiger partial charge on any atom is 3.00 e. The van der Waals surface area contributed by atoms with Crippen LogP contribution in [0.25, 0.3) is 10.8 Å². The van der Waals surface area contributed by atoms with Gasteiger partial charge in [-0.1, -0.05) is 45.3 Å². The first-order chi connectivity index (χ1) is 8.31. The first-order valence-electron chi connectivity index (χ1n) is 6.66. The Kier molecular flexibility index (Phi) is 20.2. The Labute approximate surface area is 158 Å². The summed E-state index contributed by atoms with van der Waals surface area (Å²) in [6.45, 7) is 6.67. The van der Waals surface area contributed by atoms with Gasteiger partial charge in [0.2, 0.25) is 0 Å². The third kappa shape index (κ3) is 9.45. The summed E-state index contributed by atoms with van der Waals surface area (Å²) in [7, 11) is 1.20. The van der Waals surface area contributed by atoms with E-state index in [1.54, 1.807) is 0 Å². The number of halogens is 2. The molecule has 0 aliphatic carbocycles. The van der Waals surface area contributed by atoms with Gasteiger partial charge in [0.05, 0.1) is 0 Å². The Morgan fingerprint density at radius 1 is 1.00 bits per heavy atom. The van der Waals surface area contributed by atoms with Crippen LogP contribution < -0.4 is 24.8 Å². The van der Waals surface area contributed by atoms with Crippen LogP contribution >= 0.6 is 0 Å². The molecule has 0 amide bonds. The summed E-state index contributed by atoms with van der Waals surface area (Å²) in [6, 6.07) is 15.9. The summed E-state index contributed by atoms with van der Waals surface area (Å²) in [4.78, 5) is 0. The van der Waals surface area contributed by atoms with Gasteiger partial charge in [-0.25, -0.2) is 0 Å². The van der Waals surface area contributed by atoms with Crippen LogP contribution in [0.5, 0.6) is 0 Å². The fraction of sp³-hybridized carbons (Fsp3) is 0.438. The van der Waals surface area contributed by atoms with Gasteiger partial charge in [0.15, 0.2) is 0 Å². The minimum atomic E-state index is 0. The van der Waals surface area contributed by atoms with Crippen molar-refractivity contribution in [2.75, 3.05) is 0 Å². The Morgan fingerprint density at radius 2 is 1.60 bits per heavy atom. The van der Waals surface area contributed by atoms with Crippen molar-refractivity contribution in [2.24, 2.45) is 0 Å². The van der Waals surface area contributed by atoms with Crippen molar-refractivity contribution >= 4 is 20.3 Å². The Morgan fingerprint density at radius 3 is 2.05 bits per heavy atom. The minimum Gasteiger partial charge on any atom is -1.00 e. The zero-order valence-corrected chi connectivity index (χ0v) is 17.5. The molecule has 0 fully saturated rings. The second-order valence-corrected chi connectivity index (χ2v) is 6.11. The van der Waals surface area contributed by atoms with Crippen LogP contribution in [0.3, 0.4) is 0 Å². The average Bonchev–Trinajstić information content (AvgIpc) is 2.73. The number of aryl methyl sites for hydroxylation is 1. The van der Waals surface area contributed by atoms with Gasteiger partial charge in [-0.2, -0.15) is 6.07 Å². The summed E-state index contributed by atoms with van der Waals surface area (Å²) in [5.41, 5.74) is 1.47. The average molecular weight is 406 g/mol. The van der Waals surface area contributed by atoms with Gasteiger partial charge in [-0.05, 0) is 6.42 Å². The van der Waals surface area contributed by atoms with Crippen molar-refractivity contribution in [3.05, 3.63) is 42.0 Å². The zero-order chi connectivity index (χ0) is 12.5. The van der Waals surface area contributed by atoms with Crippen molar-refractivity contribution in [3.8, 4) is 0 Å². The molecule has 0 saturated carbocycles. The minimum absolute atomic E-state index is 0. The molecule has 109 valence electrons. The van der Waals surface area contributed by atoms with Crippen LogP contribution in [-0.2, 0) is 32.6 Å². The van der Waals surface area contributed by atoms with Gasteiger partial charge < -0.3 is 24.8 Å². The Hall–Kier alpha value is 0.510. The SMILES string of the molecule is CCCc1cc2ccccc2[cH-]1.CC[Si]CC.[Cl-].[Cl-].[Zr+3]. The molecule has 3 radical (unpaired) electrons. The first-order valence-corrected chi connectivity index (χ1v) is 8.08. The molecular formula is C16H23Cl2SiZr. The van der Waals surface area contributed by atoms with Crippen molar-refractivity contribution in [1.29, 1.82) is 0 Å². The largest absolute Gasteiger partial charge is 3.00 e. The second kappa shape index (κ2) is 15.9. The van der Waals surface area contributed by atoms with Gasteiger partial charge in [0.1, 0.15) is 0 Å². The van der Waals surface area contributed by atoms with Crippen LogP contribution in [0.2, 0.25) is 12.1 Å². The molecule has 20 heavy (non-hydrogen) atoms. The van der Waals surface area contributed by atoms with Crippen molar-refractivity contribution < 1.29 is 51.0 Å². The van der Waals surface area contributed by atoms with E-state index < -0.39 is 0 Å². The van der Waals surface area contributed by atoms with Crippen molar-refractivity contribution in [1.82, 2.24) is 0 Å². The van der Waals surface area contributed by atoms with Crippen LogP contribution in [0.4, 0.5) is 0 Å². The molecule has 2 rings (SSSR count). The van der Waals surface area contributed by atoms with Gasteiger partial charge >= 0.3 is 26.2 Å². The molecule has 0 nitrogen and oxygen atoms in total. The van der Waals surface area contributed by atoms with Gasteiger partial charge in [0, 0.05) is 9.52 Å². The van der Waals surface area contributed by atoms with E-state index in [2.05, 4.69) is 57.2 Å². The van der Waals surface area contributed by atoms with Crippen molar-refractivity contribution in [3.63, 3.8) is 0 Å². The molecule has 0 aliphatic rings. The summed E-state index contributed by atoms with van der Waals surface area (Å²) < 4.78 is 0. The van der Waals surface area contributed by atoms with E-state index in [0.29, 0.717) is 0 Å². The van der Waals surface area contributed by atoms with E-state index in [9.17, 15) is 0 Å². The molecule has 0 unspecified atom stereocenters. The number of rotatable bonds is 4. The van der Waals surface area contributed by atoms with Crippen LogP contribution in [0.15, 0.2) is 36.4 Å². The van der Waals surface area contributed by atoms with Gasteiger partial charge in [-0.3, -0.25) is 0 Å². The number of hydrogen-bond acceptors (Lipinski definition) is 0. The summed E-state index contributed by atoms with van der Waals surface area (Å²) in [5.74, 6) is 0. The van der Waals surface area contributed by atoms with E-state index in [4.69, 9.17) is 0 Å². The number of fused-ring (bicyclic) bond motifs is 1. The molecule has 2 aromatic rings. The maximum atomic E-state index is 2.29. The standard InChI is InChI=1S/C12H13.C4H10Si.2ClH.Zr/c1-2-5-10-8-11-6-3-4-7-12(11)9-10;1-3-5-4-2;;;/h3-4,6-9H,2,5H2,1H3;3-4H2,1-2H3;2*1H;/q-1;;;;+3/p-2. The zero-order valence-electron chi connectivity index (χ0n) is 12.5. The monoisotopic (exact) mass is 403 g/mol. The molecule has 0 bridgehead atoms. The van der Waals surface area contributed by atoms with E-state index >= 15 is 0 Å². The maximum absolute atomic E-state index is 2.29. The van der Waals surface area contributed by atoms with E-state index in [1.165, 1.54) is 50.8 Å². The molecule has 0 saturated heterocycles. The third-order valence-corrected chi connectivity index (χ3v) is 3.72. The molecule has 0 spiro atoms. The molecule has 0 N–H and O–H groups in total. The van der Waals surface area contributed by atoms with Crippen molar-refractivity contribution in [2.45, 2.75) is 45.7 Å². The van der Waals surface area contributed by atoms with E-state index in [0.717, 1.165) is 0 Å². The van der Waals surface area contributed by atoms with Crippen LogP contribution in [-0.4, -0.2) is 9.52 Å². The fourth-order valence-electron chi connectivity index (χ4n) is 1.90. The molecule has 0 aliphatic heterocycles. The Bertz CT molecular complexity index is 394. The van der Waals surface area contributed by atoms with E-state index in [-0.39, 0.29) is 51.0 Å². The second-order valence-electron chi connectivity index (χ2n) is 4.20. The number of hydrogen-bond donors (Lipinski definition) is 0. The Balaban J connectivity index is -0.000000322. The topological polar surface area (TPSA) is 0 Å². The molecule has 4 heteroatoms. The third-order valence-electron chi connectivity index (χ3n) is 2.72. The predicted molar refractivity (Wildman–Crippen MR) is 80.3 cm³/mol. The normalized spacial score (nSPS) is 8.55. The molecule has 0 heterocycles. The van der Waals surface area contributed by atoms with Crippen LogP contribution in [0.1, 0.15) is 32.8 Å². The molecule has 0 atom stereocenters. The summed E-state index contributed by atoms with van der Waals surface area (Å²) in [5, 5.41) is 2.75. The molecular weight excluding hydrogens is 382 g/mol. The quantitative estimate of drug-likeness (QED) is 0.456.